The first-order valence-electron chi connectivity index (χ1n) is 4.95. The highest BCUT2D eigenvalue weighted by Gasteiger charge is 2.05. The molecule has 2 aromatic rings. The van der Waals surface area contributed by atoms with Crippen LogP contribution in [0.5, 0.6) is 5.75 Å². The fourth-order valence-corrected chi connectivity index (χ4v) is 1.52. The van der Waals surface area contributed by atoms with Crippen molar-refractivity contribution in [1.82, 2.24) is 10.2 Å². The van der Waals surface area contributed by atoms with Gasteiger partial charge in [-0.15, -0.1) is 5.10 Å². The molecule has 0 aliphatic carbocycles. The predicted octanol–water partition coefficient (Wildman–Crippen LogP) is 2.04. The molecule has 4 heteroatoms. The van der Waals surface area contributed by atoms with Gasteiger partial charge in [0.1, 0.15) is 5.75 Å². The Balaban J connectivity index is 2.53. The summed E-state index contributed by atoms with van der Waals surface area (Å²) >= 11 is 0. The molecule has 0 atom stereocenters. The number of aromatic nitrogens is 2. The molecule has 0 saturated carbocycles. The molecular formula is C12H13N3O. The average Bonchev–Trinajstić information content (AvgIpc) is 2.32. The minimum atomic E-state index is 0.429. The number of hydrogen-bond donors (Lipinski definition) is 1. The van der Waals surface area contributed by atoms with Gasteiger partial charge in [0.15, 0.2) is 5.82 Å². The second kappa shape index (κ2) is 4.18. The van der Waals surface area contributed by atoms with Crippen LogP contribution in [0.4, 0.5) is 5.82 Å². The normalized spacial score (nSPS) is 10.1. The molecule has 0 unspecified atom stereocenters. The number of nitrogen functional groups attached to an aromatic ring is 1. The van der Waals surface area contributed by atoms with Crippen LogP contribution >= 0.6 is 0 Å². The highest BCUT2D eigenvalue weighted by molar-refractivity contribution is 5.74. The van der Waals surface area contributed by atoms with Crippen molar-refractivity contribution in [3.63, 3.8) is 0 Å². The third kappa shape index (κ3) is 1.95. The third-order valence-corrected chi connectivity index (χ3v) is 2.33. The van der Waals surface area contributed by atoms with E-state index in [0.29, 0.717) is 5.82 Å². The molecule has 1 heterocycles. The van der Waals surface area contributed by atoms with E-state index in [-0.39, 0.29) is 0 Å². The molecule has 0 spiro atoms. The summed E-state index contributed by atoms with van der Waals surface area (Å²) in [7, 11) is 1.64. The number of hydrogen-bond acceptors (Lipinski definition) is 4. The number of nitrogens with two attached hydrogens (primary N) is 1. The van der Waals surface area contributed by atoms with Crippen LogP contribution in [-0.4, -0.2) is 17.3 Å². The standard InChI is InChI=1S/C12H13N3O/c1-8-6-11(12(13)15-14-8)9-4-3-5-10(7-9)16-2/h3-7H,1-2H3,(H2,13,15). The first-order valence-corrected chi connectivity index (χ1v) is 4.95. The fourth-order valence-electron chi connectivity index (χ4n) is 1.52. The summed E-state index contributed by atoms with van der Waals surface area (Å²) in [5.41, 5.74) is 8.50. The number of aryl methyl sites for hydroxylation is 1. The molecule has 2 rings (SSSR count). The molecule has 4 nitrogen and oxygen atoms in total. The van der Waals surface area contributed by atoms with E-state index < -0.39 is 0 Å². The Kier molecular flexibility index (Phi) is 2.72. The molecule has 0 radical (unpaired) electrons. The molecule has 0 amide bonds. The Hall–Kier alpha value is -2.10. The predicted molar refractivity (Wildman–Crippen MR) is 63.2 cm³/mol. The van der Waals surface area contributed by atoms with Crippen LogP contribution in [0.15, 0.2) is 30.3 Å². The van der Waals surface area contributed by atoms with Crippen molar-refractivity contribution >= 4 is 5.82 Å². The number of nitrogens with zero attached hydrogens (tertiary/aromatic N) is 2. The molecule has 82 valence electrons. The van der Waals surface area contributed by atoms with Crippen molar-refractivity contribution in [2.45, 2.75) is 6.92 Å². The number of anilines is 1. The molecule has 0 saturated heterocycles. The maximum Gasteiger partial charge on any atom is 0.153 e. The Bertz CT molecular complexity index is 511. The van der Waals surface area contributed by atoms with Crippen LogP contribution in [0.3, 0.4) is 0 Å². The second-order valence-corrected chi connectivity index (χ2v) is 3.52. The lowest BCUT2D eigenvalue weighted by atomic mass is 10.1. The first kappa shape index (κ1) is 10.4. The van der Waals surface area contributed by atoms with Crippen molar-refractivity contribution in [2.24, 2.45) is 0 Å². The maximum absolute atomic E-state index is 5.80. The van der Waals surface area contributed by atoms with Gasteiger partial charge in [0.25, 0.3) is 0 Å². The smallest absolute Gasteiger partial charge is 0.153 e. The van der Waals surface area contributed by atoms with Gasteiger partial charge in [0.05, 0.1) is 12.8 Å². The molecule has 0 aliphatic rings. The zero-order valence-corrected chi connectivity index (χ0v) is 9.27. The van der Waals surface area contributed by atoms with Gasteiger partial charge in [-0.1, -0.05) is 12.1 Å². The van der Waals surface area contributed by atoms with E-state index in [4.69, 9.17) is 10.5 Å². The fraction of sp³-hybridized carbons (Fsp3) is 0.167. The molecule has 1 aromatic carbocycles. The minimum absolute atomic E-state index is 0.429. The Labute approximate surface area is 94.1 Å². The first-order chi connectivity index (χ1) is 7.70. The summed E-state index contributed by atoms with van der Waals surface area (Å²) in [6, 6.07) is 9.61. The van der Waals surface area contributed by atoms with Gasteiger partial charge in [-0.2, -0.15) is 5.10 Å². The van der Waals surface area contributed by atoms with Crippen molar-refractivity contribution in [3.8, 4) is 16.9 Å². The SMILES string of the molecule is COc1cccc(-c2cc(C)nnc2N)c1. The molecule has 2 N–H and O–H groups in total. The third-order valence-electron chi connectivity index (χ3n) is 2.33. The van der Waals surface area contributed by atoms with Gasteiger partial charge in [-0.25, -0.2) is 0 Å². The summed E-state index contributed by atoms with van der Waals surface area (Å²) in [4.78, 5) is 0. The summed E-state index contributed by atoms with van der Waals surface area (Å²) in [6.45, 7) is 1.89. The van der Waals surface area contributed by atoms with Crippen LogP contribution < -0.4 is 10.5 Å². The number of rotatable bonds is 2. The van der Waals surface area contributed by atoms with Crippen LogP contribution in [0, 0.1) is 6.92 Å². The van der Waals surface area contributed by atoms with Crippen molar-refractivity contribution in [3.05, 3.63) is 36.0 Å². The van der Waals surface area contributed by atoms with Crippen LogP contribution in [0.25, 0.3) is 11.1 Å². The van der Waals surface area contributed by atoms with E-state index in [2.05, 4.69) is 10.2 Å². The largest absolute Gasteiger partial charge is 0.497 e. The van der Waals surface area contributed by atoms with E-state index in [1.807, 2.05) is 37.3 Å². The van der Waals surface area contributed by atoms with E-state index in [1.165, 1.54) is 0 Å². The van der Waals surface area contributed by atoms with Crippen LogP contribution in [-0.2, 0) is 0 Å². The van der Waals surface area contributed by atoms with Gasteiger partial charge in [-0.05, 0) is 30.7 Å². The van der Waals surface area contributed by atoms with Gasteiger partial charge >= 0.3 is 0 Å². The van der Waals surface area contributed by atoms with Crippen LogP contribution in [0.1, 0.15) is 5.69 Å². The lowest BCUT2D eigenvalue weighted by Gasteiger charge is -2.06. The quantitative estimate of drug-likeness (QED) is 0.832. The molecule has 0 bridgehead atoms. The molecule has 16 heavy (non-hydrogen) atoms. The average molecular weight is 215 g/mol. The monoisotopic (exact) mass is 215 g/mol. The lowest BCUT2D eigenvalue weighted by molar-refractivity contribution is 0.415. The van der Waals surface area contributed by atoms with Gasteiger partial charge < -0.3 is 10.5 Å². The van der Waals surface area contributed by atoms with Gasteiger partial charge in [0, 0.05) is 5.56 Å². The number of benzene rings is 1. The Morgan fingerprint density at radius 1 is 1.19 bits per heavy atom. The molecule has 0 aliphatic heterocycles. The van der Waals surface area contributed by atoms with Gasteiger partial charge in [-0.3, -0.25) is 0 Å². The van der Waals surface area contributed by atoms with Gasteiger partial charge in [0.2, 0.25) is 0 Å². The highest BCUT2D eigenvalue weighted by atomic mass is 16.5. The highest BCUT2D eigenvalue weighted by Crippen LogP contribution is 2.27. The van der Waals surface area contributed by atoms with Crippen molar-refractivity contribution in [2.75, 3.05) is 12.8 Å². The van der Waals surface area contributed by atoms with E-state index in [0.717, 1.165) is 22.6 Å². The zero-order valence-electron chi connectivity index (χ0n) is 9.27. The van der Waals surface area contributed by atoms with Crippen molar-refractivity contribution < 1.29 is 4.74 Å². The summed E-state index contributed by atoms with van der Waals surface area (Å²) in [6.07, 6.45) is 0. The van der Waals surface area contributed by atoms with E-state index in [9.17, 15) is 0 Å². The van der Waals surface area contributed by atoms with E-state index in [1.54, 1.807) is 7.11 Å². The Morgan fingerprint density at radius 2 is 2.00 bits per heavy atom. The molecular weight excluding hydrogens is 202 g/mol. The Morgan fingerprint density at radius 3 is 2.75 bits per heavy atom. The topological polar surface area (TPSA) is 61.0 Å². The lowest BCUT2D eigenvalue weighted by Crippen LogP contribution is -1.98. The zero-order chi connectivity index (χ0) is 11.5. The van der Waals surface area contributed by atoms with E-state index >= 15 is 0 Å². The van der Waals surface area contributed by atoms with Crippen LogP contribution in [0.2, 0.25) is 0 Å². The summed E-state index contributed by atoms with van der Waals surface area (Å²) < 4.78 is 5.17. The summed E-state index contributed by atoms with van der Waals surface area (Å²) in [5, 5.41) is 7.80. The minimum Gasteiger partial charge on any atom is -0.497 e. The maximum atomic E-state index is 5.80. The summed E-state index contributed by atoms with van der Waals surface area (Å²) in [5.74, 6) is 1.23. The van der Waals surface area contributed by atoms with Crippen molar-refractivity contribution in [1.29, 1.82) is 0 Å². The second-order valence-electron chi connectivity index (χ2n) is 3.52. The molecule has 1 aromatic heterocycles. The molecule has 0 fully saturated rings. The number of methoxy groups -OCH3 is 1. The number of ether oxygens (including phenoxy) is 1.